The first-order valence-electron chi connectivity index (χ1n) is 9.59. The standard InChI is InChI=1S/C22H22N2O4S/c1-27-22(26)16-8-2-4-10-18(16)28-14-20(25)24-12-6-7-15(13-24)21-23-17-9-3-5-11-19(17)29-21/h2-5,8-11,15H,6-7,12-14H2,1H3. The predicted molar refractivity (Wildman–Crippen MR) is 111 cm³/mol. The smallest absolute Gasteiger partial charge is 0.341 e. The molecule has 3 aromatic rings. The van der Waals surface area contributed by atoms with Gasteiger partial charge in [0, 0.05) is 19.0 Å². The minimum absolute atomic E-state index is 0.0875. The van der Waals surface area contributed by atoms with E-state index in [1.54, 1.807) is 35.6 Å². The SMILES string of the molecule is COC(=O)c1ccccc1OCC(=O)N1CCCC(c2nc3ccccc3s2)C1. The molecule has 29 heavy (non-hydrogen) atoms. The summed E-state index contributed by atoms with van der Waals surface area (Å²) < 4.78 is 11.6. The van der Waals surface area contributed by atoms with Crippen molar-refractivity contribution in [2.24, 2.45) is 0 Å². The highest BCUT2D eigenvalue weighted by Gasteiger charge is 2.27. The number of thiazole rings is 1. The van der Waals surface area contributed by atoms with Gasteiger partial charge in [0.25, 0.3) is 5.91 Å². The second kappa shape index (κ2) is 8.61. The van der Waals surface area contributed by atoms with Crippen LogP contribution in [0.2, 0.25) is 0 Å². The number of ether oxygens (including phenoxy) is 2. The van der Waals surface area contributed by atoms with Crippen molar-refractivity contribution in [3.63, 3.8) is 0 Å². The van der Waals surface area contributed by atoms with Gasteiger partial charge in [-0.1, -0.05) is 24.3 Å². The van der Waals surface area contributed by atoms with E-state index in [9.17, 15) is 9.59 Å². The first-order valence-corrected chi connectivity index (χ1v) is 10.4. The number of hydrogen-bond acceptors (Lipinski definition) is 6. The van der Waals surface area contributed by atoms with E-state index in [-0.39, 0.29) is 18.4 Å². The van der Waals surface area contributed by atoms with Crippen LogP contribution in [0.15, 0.2) is 48.5 Å². The largest absolute Gasteiger partial charge is 0.483 e. The number of para-hydroxylation sites is 2. The fraction of sp³-hybridized carbons (Fsp3) is 0.318. The molecule has 1 saturated heterocycles. The monoisotopic (exact) mass is 410 g/mol. The Morgan fingerprint density at radius 1 is 1.17 bits per heavy atom. The molecule has 1 aromatic heterocycles. The van der Waals surface area contributed by atoms with Gasteiger partial charge in [0.1, 0.15) is 11.3 Å². The Balaban J connectivity index is 1.41. The third kappa shape index (κ3) is 4.24. The summed E-state index contributed by atoms with van der Waals surface area (Å²) in [5.41, 5.74) is 1.33. The highest BCUT2D eigenvalue weighted by molar-refractivity contribution is 7.18. The van der Waals surface area contributed by atoms with Crippen LogP contribution in [0.3, 0.4) is 0 Å². The zero-order valence-electron chi connectivity index (χ0n) is 16.2. The van der Waals surface area contributed by atoms with Crippen LogP contribution >= 0.6 is 11.3 Å². The number of methoxy groups -OCH3 is 1. The van der Waals surface area contributed by atoms with Gasteiger partial charge in [0.2, 0.25) is 0 Å². The molecule has 0 spiro atoms. The minimum atomic E-state index is -0.484. The van der Waals surface area contributed by atoms with Crippen LogP contribution in [-0.4, -0.2) is 48.6 Å². The van der Waals surface area contributed by atoms with E-state index in [4.69, 9.17) is 14.5 Å². The Morgan fingerprint density at radius 2 is 1.97 bits per heavy atom. The lowest BCUT2D eigenvalue weighted by molar-refractivity contribution is -0.134. The maximum Gasteiger partial charge on any atom is 0.341 e. The van der Waals surface area contributed by atoms with Crippen molar-refractivity contribution in [3.05, 3.63) is 59.1 Å². The normalized spacial score (nSPS) is 16.6. The molecule has 1 aliphatic rings. The fourth-order valence-electron chi connectivity index (χ4n) is 3.57. The first kappa shape index (κ1) is 19.4. The topological polar surface area (TPSA) is 68.7 Å². The molecule has 0 bridgehead atoms. The van der Waals surface area contributed by atoms with E-state index in [1.807, 2.05) is 23.1 Å². The lowest BCUT2D eigenvalue weighted by Gasteiger charge is -2.31. The van der Waals surface area contributed by atoms with E-state index in [0.29, 0.717) is 24.4 Å². The summed E-state index contributed by atoms with van der Waals surface area (Å²) in [6, 6.07) is 14.9. The minimum Gasteiger partial charge on any atom is -0.483 e. The number of esters is 1. The molecule has 1 atom stereocenters. The van der Waals surface area contributed by atoms with Gasteiger partial charge >= 0.3 is 5.97 Å². The quantitative estimate of drug-likeness (QED) is 0.598. The Kier molecular flexibility index (Phi) is 5.76. The highest BCUT2D eigenvalue weighted by atomic mass is 32.1. The van der Waals surface area contributed by atoms with Gasteiger partial charge in [0.05, 0.1) is 22.3 Å². The molecule has 7 heteroatoms. The van der Waals surface area contributed by atoms with Gasteiger partial charge in [-0.05, 0) is 37.1 Å². The van der Waals surface area contributed by atoms with Crippen LogP contribution in [0.4, 0.5) is 0 Å². The molecular formula is C22H22N2O4S. The molecule has 0 radical (unpaired) electrons. The number of aromatic nitrogens is 1. The van der Waals surface area contributed by atoms with Crippen molar-refractivity contribution < 1.29 is 19.1 Å². The number of fused-ring (bicyclic) bond motifs is 1. The number of hydrogen-bond donors (Lipinski definition) is 0. The highest BCUT2D eigenvalue weighted by Crippen LogP contribution is 2.33. The van der Waals surface area contributed by atoms with E-state index in [2.05, 4.69) is 6.07 Å². The molecule has 2 heterocycles. The average molecular weight is 410 g/mol. The molecule has 6 nitrogen and oxygen atoms in total. The molecule has 1 amide bonds. The number of benzene rings is 2. The summed E-state index contributed by atoms with van der Waals surface area (Å²) in [6.07, 6.45) is 1.96. The second-order valence-electron chi connectivity index (χ2n) is 6.98. The van der Waals surface area contributed by atoms with Gasteiger partial charge in [-0.25, -0.2) is 9.78 Å². The number of carbonyl (C=O) groups excluding carboxylic acids is 2. The van der Waals surface area contributed by atoms with Gasteiger partial charge in [-0.3, -0.25) is 4.79 Å². The zero-order chi connectivity index (χ0) is 20.2. The lowest BCUT2D eigenvalue weighted by Crippen LogP contribution is -2.41. The average Bonchev–Trinajstić information content (AvgIpc) is 3.21. The Morgan fingerprint density at radius 3 is 2.79 bits per heavy atom. The van der Waals surface area contributed by atoms with Crippen molar-refractivity contribution in [1.82, 2.24) is 9.88 Å². The molecule has 150 valence electrons. The van der Waals surface area contributed by atoms with Crippen LogP contribution in [0, 0.1) is 0 Å². The first-order chi connectivity index (χ1) is 14.2. The third-order valence-corrected chi connectivity index (χ3v) is 6.28. The van der Waals surface area contributed by atoms with Crippen LogP contribution in [0.25, 0.3) is 10.2 Å². The molecule has 0 aliphatic carbocycles. The summed E-state index contributed by atoms with van der Waals surface area (Å²) in [4.78, 5) is 31.2. The van der Waals surface area contributed by atoms with Crippen LogP contribution < -0.4 is 4.74 Å². The molecule has 0 saturated carbocycles. The van der Waals surface area contributed by atoms with Crippen molar-refractivity contribution in [2.45, 2.75) is 18.8 Å². The number of piperidine rings is 1. The number of rotatable bonds is 5. The van der Waals surface area contributed by atoms with Crippen LogP contribution in [0.1, 0.15) is 34.1 Å². The number of carbonyl (C=O) groups is 2. The maximum atomic E-state index is 12.7. The molecule has 0 N–H and O–H groups in total. The molecular weight excluding hydrogens is 388 g/mol. The lowest BCUT2D eigenvalue weighted by atomic mass is 9.99. The van der Waals surface area contributed by atoms with E-state index in [0.717, 1.165) is 23.4 Å². The van der Waals surface area contributed by atoms with Crippen molar-refractivity contribution >= 4 is 33.4 Å². The van der Waals surface area contributed by atoms with Gasteiger partial charge < -0.3 is 14.4 Å². The Bertz CT molecular complexity index is 999. The van der Waals surface area contributed by atoms with Gasteiger partial charge in [0.15, 0.2) is 6.61 Å². The summed E-state index contributed by atoms with van der Waals surface area (Å²) in [5, 5.41) is 1.08. The maximum absolute atomic E-state index is 12.7. The van der Waals surface area contributed by atoms with Crippen LogP contribution in [0.5, 0.6) is 5.75 Å². The summed E-state index contributed by atoms with van der Waals surface area (Å²) in [7, 11) is 1.32. The predicted octanol–water partition coefficient (Wildman–Crippen LogP) is 3.87. The number of nitrogens with zero attached hydrogens (tertiary/aromatic N) is 2. The van der Waals surface area contributed by atoms with Crippen molar-refractivity contribution in [3.8, 4) is 5.75 Å². The summed E-state index contributed by atoms with van der Waals surface area (Å²) in [6.45, 7) is 1.24. The van der Waals surface area contributed by atoms with Crippen molar-refractivity contribution in [1.29, 1.82) is 0 Å². The van der Waals surface area contributed by atoms with Crippen LogP contribution in [-0.2, 0) is 9.53 Å². The zero-order valence-corrected chi connectivity index (χ0v) is 17.0. The van der Waals surface area contributed by atoms with Gasteiger partial charge in [-0.2, -0.15) is 0 Å². The van der Waals surface area contributed by atoms with E-state index in [1.165, 1.54) is 11.8 Å². The number of likely N-dealkylation sites (tertiary alicyclic amines) is 1. The Hall–Kier alpha value is -2.93. The third-order valence-electron chi connectivity index (χ3n) is 5.08. The second-order valence-corrected chi connectivity index (χ2v) is 8.04. The van der Waals surface area contributed by atoms with Gasteiger partial charge in [-0.15, -0.1) is 11.3 Å². The summed E-state index contributed by atoms with van der Waals surface area (Å²) in [5.74, 6) is 0.0253. The molecule has 1 aliphatic heterocycles. The van der Waals surface area contributed by atoms with E-state index < -0.39 is 5.97 Å². The Labute approximate surface area is 173 Å². The summed E-state index contributed by atoms with van der Waals surface area (Å²) >= 11 is 1.70. The van der Waals surface area contributed by atoms with E-state index >= 15 is 0 Å². The number of amides is 1. The molecule has 4 rings (SSSR count). The van der Waals surface area contributed by atoms with Crippen molar-refractivity contribution in [2.75, 3.05) is 26.8 Å². The molecule has 1 unspecified atom stereocenters. The molecule has 2 aromatic carbocycles. The fourth-order valence-corrected chi connectivity index (χ4v) is 4.66. The molecule has 1 fully saturated rings.